The summed E-state index contributed by atoms with van der Waals surface area (Å²) in [6, 6.07) is 20.8. The molecule has 7 nitrogen and oxygen atoms in total. The molecular formula is C23H18N4O3S. The van der Waals surface area contributed by atoms with E-state index in [0.29, 0.717) is 16.7 Å². The number of amides is 2. The summed E-state index contributed by atoms with van der Waals surface area (Å²) >= 11 is 1.20. The minimum absolute atomic E-state index is 0.110. The van der Waals surface area contributed by atoms with E-state index in [1.54, 1.807) is 13.2 Å². The minimum Gasteiger partial charge on any atom is -0.497 e. The summed E-state index contributed by atoms with van der Waals surface area (Å²) in [5.41, 5.74) is 1.47. The fourth-order valence-electron chi connectivity index (χ4n) is 3.66. The molecule has 1 aliphatic heterocycles. The summed E-state index contributed by atoms with van der Waals surface area (Å²) in [6.45, 7) is 0. The zero-order valence-corrected chi connectivity index (χ0v) is 17.4. The maximum atomic E-state index is 13.1. The van der Waals surface area contributed by atoms with Gasteiger partial charge in [-0.25, -0.2) is 9.88 Å². The van der Waals surface area contributed by atoms with Gasteiger partial charge in [0.2, 0.25) is 17.0 Å². The number of benzene rings is 3. The Hall–Kier alpha value is -3.65. The molecule has 5 rings (SSSR count). The number of anilines is 1. The smallest absolute Gasteiger partial charge is 0.247 e. The fraction of sp³-hybridized carbons (Fsp3) is 0.130. The second-order valence-corrected chi connectivity index (χ2v) is 8.24. The van der Waals surface area contributed by atoms with E-state index in [1.807, 2.05) is 60.7 Å². The van der Waals surface area contributed by atoms with Gasteiger partial charge < -0.3 is 4.74 Å². The van der Waals surface area contributed by atoms with E-state index < -0.39 is 5.25 Å². The first-order valence-electron chi connectivity index (χ1n) is 9.72. The Labute approximate surface area is 182 Å². The summed E-state index contributed by atoms with van der Waals surface area (Å²) in [5.74, 6) is 0.876. The molecule has 8 heteroatoms. The largest absolute Gasteiger partial charge is 0.497 e. The summed E-state index contributed by atoms with van der Waals surface area (Å²) in [7, 11) is 1.61. The van der Waals surface area contributed by atoms with Crippen LogP contribution in [0.15, 0.2) is 71.9 Å². The number of hydrogen-bond acceptors (Lipinski definition) is 6. The van der Waals surface area contributed by atoms with Crippen molar-refractivity contribution in [3.63, 3.8) is 0 Å². The minimum atomic E-state index is -0.564. The Morgan fingerprint density at radius 1 is 1.03 bits per heavy atom. The van der Waals surface area contributed by atoms with Gasteiger partial charge in [-0.1, -0.05) is 48.2 Å². The molecule has 0 saturated carbocycles. The molecule has 0 spiro atoms. The van der Waals surface area contributed by atoms with Gasteiger partial charge in [-0.15, -0.1) is 5.10 Å². The molecular weight excluding hydrogens is 412 g/mol. The van der Waals surface area contributed by atoms with Gasteiger partial charge in [0, 0.05) is 17.4 Å². The average molecular weight is 430 g/mol. The van der Waals surface area contributed by atoms with Crippen molar-refractivity contribution >= 4 is 40.0 Å². The van der Waals surface area contributed by atoms with Crippen LogP contribution in [-0.4, -0.2) is 39.4 Å². The molecule has 1 fully saturated rings. The van der Waals surface area contributed by atoms with Crippen LogP contribution in [0.5, 0.6) is 5.75 Å². The normalized spacial score (nSPS) is 16.3. The van der Waals surface area contributed by atoms with Crippen molar-refractivity contribution in [2.75, 3.05) is 12.0 Å². The number of nitrogens with zero attached hydrogens (tertiary/aromatic N) is 3. The Bertz CT molecular complexity index is 1280. The standard InChI is InChI=1S/C23H18N4O3S/c1-30-16-11-9-15(10-12-16)21-24-23(26-25-21)31-19-13-20(28)27(22(19)29)18-8-4-6-14-5-2-3-7-17(14)18/h2-12,19H,13H2,1H3,(H,24,25,26)/t19-/m0/s1. The maximum absolute atomic E-state index is 13.1. The van der Waals surface area contributed by atoms with Gasteiger partial charge in [-0.2, -0.15) is 0 Å². The van der Waals surface area contributed by atoms with Crippen molar-refractivity contribution in [1.29, 1.82) is 0 Å². The molecule has 1 saturated heterocycles. The van der Waals surface area contributed by atoms with Crippen molar-refractivity contribution in [3.8, 4) is 17.1 Å². The lowest BCUT2D eigenvalue weighted by Crippen LogP contribution is -2.31. The molecule has 1 aliphatic rings. The number of ether oxygens (including phenoxy) is 1. The summed E-state index contributed by atoms with van der Waals surface area (Å²) < 4.78 is 5.17. The molecule has 2 heterocycles. The van der Waals surface area contributed by atoms with Crippen LogP contribution in [0.3, 0.4) is 0 Å². The monoisotopic (exact) mass is 430 g/mol. The molecule has 0 bridgehead atoms. The van der Waals surface area contributed by atoms with E-state index in [0.717, 1.165) is 22.1 Å². The van der Waals surface area contributed by atoms with Crippen LogP contribution in [0, 0.1) is 0 Å². The zero-order chi connectivity index (χ0) is 21.4. The quantitative estimate of drug-likeness (QED) is 0.481. The van der Waals surface area contributed by atoms with Crippen molar-refractivity contribution in [3.05, 3.63) is 66.7 Å². The van der Waals surface area contributed by atoms with Gasteiger partial charge >= 0.3 is 0 Å². The number of fused-ring (bicyclic) bond motifs is 1. The number of H-pyrrole nitrogens is 1. The van der Waals surface area contributed by atoms with E-state index in [2.05, 4.69) is 15.2 Å². The predicted octanol–water partition coefficient (Wildman–Crippen LogP) is 4.06. The lowest BCUT2D eigenvalue weighted by Gasteiger charge is -2.17. The predicted molar refractivity (Wildman–Crippen MR) is 119 cm³/mol. The number of methoxy groups -OCH3 is 1. The number of carbonyl (C=O) groups is 2. The first kappa shape index (κ1) is 19.3. The van der Waals surface area contributed by atoms with Crippen LogP contribution in [0.25, 0.3) is 22.2 Å². The van der Waals surface area contributed by atoms with Crippen molar-refractivity contribution in [2.45, 2.75) is 16.8 Å². The SMILES string of the molecule is COc1ccc(-c2nc(S[C@H]3CC(=O)N(c4cccc5ccccc45)C3=O)n[nH]2)cc1. The second kappa shape index (κ2) is 7.88. The molecule has 154 valence electrons. The van der Waals surface area contributed by atoms with Crippen LogP contribution < -0.4 is 9.64 Å². The van der Waals surface area contributed by atoms with Gasteiger partial charge in [-0.3, -0.25) is 14.7 Å². The molecule has 0 radical (unpaired) electrons. The van der Waals surface area contributed by atoms with Gasteiger partial charge in [0.05, 0.1) is 12.8 Å². The maximum Gasteiger partial charge on any atom is 0.247 e. The molecule has 3 aromatic carbocycles. The number of thioether (sulfide) groups is 1. The first-order chi connectivity index (χ1) is 15.1. The molecule has 1 aromatic heterocycles. The second-order valence-electron chi connectivity index (χ2n) is 7.07. The summed E-state index contributed by atoms with van der Waals surface area (Å²) in [4.78, 5) is 31.6. The van der Waals surface area contributed by atoms with Crippen molar-refractivity contribution in [2.24, 2.45) is 0 Å². The Kier molecular flexibility index (Phi) is 4.91. The Balaban J connectivity index is 1.37. The highest BCUT2D eigenvalue weighted by Crippen LogP contribution is 2.36. The number of aromatic amines is 1. The number of rotatable bonds is 5. The van der Waals surface area contributed by atoms with E-state index in [4.69, 9.17) is 4.74 Å². The highest BCUT2D eigenvalue weighted by atomic mass is 32.2. The number of aromatic nitrogens is 3. The Morgan fingerprint density at radius 2 is 1.81 bits per heavy atom. The highest BCUT2D eigenvalue weighted by molar-refractivity contribution is 8.00. The molecule has 0 unspecified atom stereocenters. The number of hydrogen-bond donors (Lipinski definition) is 1. The molecule has 1 atom stereocenters. The first-order valence-corrected chi connectivity index (χ1v) is 10.6. The van der Waals surface area contributed by atoms with Crippen molar-refractivity contribution < 1.29 is 14.3 Å². The topological polar surface area (TPSA) is 88.2 Å². The van der Waals surface area contributed by atoms with E-state index in [1.165, 1.54) is 16.7 Å². The van der Waals surface area contributed by atoms with Crippen LogP contribution in [-0.2, 0) is 9.59 Å². The van der Waals surface area contributed by atoms with Crippen molar-refractivity contribution in [1.82, 2.24) is 15.2 Å². The molecule has 4 aromatic rings. The highest BCUT2D eigenvalue weighted by Gasteiger charge is 2.41. The lowest BCUT2D eigenvalue weighted by molar-refractivity contribution is -0.121. The van der Waals surface area contributed by atoms with E-state index >= 15 is 0 Å². The number of nitrogens with one attached hydrogen (secondary N) is 1. The van der Waals surface area contributed by atoms with E-state index in [-0.39, 0.29) is 18.2 Å². The van der Waals surface area contributed by atoms with Gasteiger partial charge in [0.25, 0.3) is 0 Å². The Morgan fingerprint density at radius 3 is 2.61 bits per heavy atom. The van der Waals surface area contributed by atoms with Gasteiger partial charge in [-0.05, 0) is 35.7 Å². The van der Waals surface area contributed by atoms with Crippen LogP contribution in [0.4, 0.5) is 5.69 Å². The average Bonchev–Trinajstić information content (AvgIpc) is 3.38. The van der Waals surface area contributed by atoms with E-state index in [9.17, 15) is 9.59 Å². The molecule has 1 N–H and O–H groups in total. The van der Waals surface area contributed by atoms with Gasteiger partial charge in [0.15, 0.2) is 5.82 Å². The zero-order valence-electron chi connectivity index (χ0n) is 16.6. The lowest BCUT2D eigenvalue weighted by atomic mass is 10.1. The third-order valence-corrected chi connectivity index (χ3v) is 6.23. The molecule has 31 heavy (non-hydrogen) atoms. The number of carbonyl (C=O) groups excluding carboxylic acids is 2. The summed E-state index contributed by atoms with van der Waals surface area (Å²) in [6.07, 6.45) is 0.110. The molecule has 2 amide bonds. The third kappa shape index (κ3) is 3.55. The van der Waals surface area contributed by atoms with Crippen LogP contribution >= 0.6 is 11.8 Å². The molecule has 0 aliphatic carbocycles. The van der Waals surface area contributed by atoms with Crippen LogP contribution in [0.2, 0.25) is 0 Å². The fourth-order valence-corrected chi connectivity index (χ4v) is 4.59. The van der Waals surface area contributed by atoms with Crippen LogP contribution in [0.1, 0.15) is 6.42 Å². The third-order valence-electron chi connectivity index (χ3n) is 5.19. The summed E-state index contributed by atoms with van der Waals surface area (Å²) in [5, 5.41) is 8.83. The van der Waals surface area contributed by atoms with Gasteiger partial charge in [0.1, 0.15) is 11.0 Å². The number of imide groups is 1.